The van der Waals surface area contributed by atoms with E-state index in [2.05, 4.69) is 25.3 Å². The smallest absolute Gasteiger partial charge is 0.143 e. The maximum Gasteiger partial charge on any atom is 0.143 e. The van der Waals surface area contributed by atoms with Crippen LogP contribution in [0.2, 0.25) is 0 Å². The van der Waals surface area contributed by atoms with Crippen molar-refractivity contribution in [2.24, 2.45) is 0 Å². The highest BCUT2D eigenvalue weighted by atomic mass is 16.3. The van der Waals surface area contributed by atoms with Crippen LogP contribution in [0.3, 0.4) is 0 Å². The highest BCUT2D eigenvalue weighted by molar-refractivity contribution is 5.25. The fourth-order valence-corrected chi connectivity index (χ4v) is 0.606. The van der Waals surface area contributed by atoms with Crippen molar-refractivity contribution in [2.75, 3.05) is 0 Å². The van der Waals surface area contributed by atoms with E-state index >= 15 is 0 Å². The lowest BCUT2D eigenvalue weighted by Crippen LogP contribution is -2.22. The quantitative estimate of drug-likeness (QED) is 0.388. The van der Waals surface area contributed by atoms with Gasteiger partial charge in [-0.1, -0.05) is 31.8 Å². The van der Waals surface area contributed by atoms with Crippen molar-refractivity contribution in [1.29, 1.82) is 0 Å². The second kappa shape index (κ2) is 5.00. The Balaban J connectivity index is 4.01. The molecule has 0 aromatic heterocycles. The molecular formula is C11H18O. The zero-order valence-corrected chi connectivity index (χ0v) is 8.28. The van der Waals surface area contributed by atoms with Gasteiger partial charge in [-0.05, 0) is 25.8 Å². The van der Waals surface area contributed by atoms with E-state index in [0.29, 0.717) is 5.57 Å². The zero-order chi connectivity index (χ0) is 9.61. The van der Waals surface area contributed by atoms with Crippen LogP contribution in [0.5, 0.6) is 0 Å². The molecule has 1 nitrogen and oxygen atoms in total. The molecule has 0 heterocycles. The standard InChI is InChI=1S/C11H18O/c1-5-6-7-8-9-11(4,12)10(2)3/h12H,2,5-7H2,1,3-4H3. The molecule has 0 aromatic rings. The van der Waals surface area contributed by atoms with E-state index < -0.39 is 5.60 Å². The van der Waals surface area contributed by atoms with Gasteiger partial charge in [-0.3, -0.25) is 0 Å². The number of hydrogen-bond donors (Lipinski definition) is 1. The van der Waals surface area contributed by atoms with Gasteiger partial charge in [-0.2, -0.15) is 0 Å². The summed E-state index contributed by atoms with van der Waals surface area (Å²) in [6.07, 6.45) is 3.10. The number of rotatable bonds is 3. The molecule has 1 N–H and O–H groups in total. The molecule has 0 rings (SSSR count). The molecule has 0 saturated heterocycles. The van der Waals surface area contributed by atoms with Crippen LogP contribution in [0.25, 0.3) is 0 Å². The van der Waals surface area contributed by atoms with Gasteiger partial charge in [0.2, 0.25) is 0 Å². The monoisotopic (exact) mass is 166 g/mol. The van der Waals surface area contributed by atoms with Gasteiger partial charge in [-0.25, -0.2) is 0 Å². The third-order valence-electron chi connectivity index (χ3n) is 1.82. The minimum Gasteiger partial charge on any atom is -0.374 e. The van der Waals surface area contributed by atoms with E-state index in [0.717, 1.165) is 19.3 Å². The first-order chi connectivity index (χ1) is 5.50. The van der Waals surface area contributed by atoms with Crippen molar-refractivity contribution in [1.82, 2.24) is 0 Å². The summed E-state index contributed by atoms with van der Waals surface area (Å²) in [4.78, 5) is 0. The topological polar surface area (TPSA) is 20.2 Å². The van der Waals surface area contributed by atoms with E-state index in [4.69, 9.17) is 0 Å². The maximum atomic E-state index is 9.62. The van der Waals surface area contributed by atoms with Gasteiger partial charge in [-0.15, -0.1) is 0 Å². The van der Waals surface area contributed by atoms with E-state index in [-0.39, 0.29) is 0 Å². The Morgan fingerprint density at radius 1 is 1.58 bits per heavy atom. The molecule has 0 saturated carbocycles. The Bertz CT molecular complexity index is 203. The Morgan fingerprint density at radius 3 is 2.58 bits per heavy atom. The van der Waals surface area contributed by atoms with Crippen molar-refractivity contribution in [3.8, 4) is 11.8 Å². The SMILES string of the molecule is C=C(C)C(C)(O)C#CCCCC. The van der Waals surface area contributed by atoms with Crippen LogP contribution in [-0.4, -0.2) is 10.7 Å². The number of unbranched alkanes of at least 4 members (excludes halogenated alkanes) is 2. The molecule has 0 amide bonds. The Morgan fingerprint density at radius 2 is 2.17 bits per heavy atom. The van der Waals surface area contributed by atoms with Crippen LogP contribution in [0.4, 0.5) is 0 Å². The summed E-state index contributed by atoms with van der Waals surface area (Å²) in [6, 6.07) is 0. The zero-order valence-electron chi connectivity index (χ0n) is 8.28. The Kier molecular flexibility index (Phi) is 4.70. The highest BCUT2D eigenvalue weighted by Crippen LogP contribution is 2.11. The molecule has 0 radical (unpaired) electrons. The summed E-state index contributed by atoms with van der Waals surface area (Å²) in [5.41, 5.74) is -0.306. The first-order valence-electron chi connectivity index (χ1n) is 4.39. The summed E-state index contributed by atoms with van der Waals surface area (Å²) in [7, 11) is 0. The molecule has 68 valence electrons. The fraction of sp³-hybridized carbons (Fsp3) is 0.636. The summed E-state index contributed by atoms with van der Waals surface area (Å²) in [5.74, 6) is 5.75. The van der Waals surface area contributed by atoms with E-state index in [9.17, 15) is 5.11 Å². The van der Waals surface area contributed by atoms with Gasteiger partial charge in [0.25, 0.3) is 0 Å². The van der Waals surface area contributed by atoms with E-state index in [1.165, 1.54) is 0 Å². The van der Waals surface area contributed by atoms with Crippen LogP contribution >= 0.6 is 0 Å². The van der Waals surface area contributed by atoms with Crippen molar-refractivity contribution in [3.63, 3.8) is 0 Å². The fourth-order valence-electron chi connectivity index (χ4n) is 0.606. The lowest BCUT2D eigenvalue weighted by atomic mass is 9.99. The average molecular weight is 166 g/mol. The van der Waals surface area contributed by atoms with Gasteiger partial charge >= 0.3 is 0 Å². The minimum atomic E-state index is -1.01. The minimum absolute atomic E-state index is 0.700. The molecule has 0 fully saturated rings. The van der Waals surface area contributed by atoms with Crippen molar-refractivity contribution in [2.45, 2.75) is 45.6 Å². The number of hydrogen-bond acceptors (Lipinski definition) is 1. The second-order valence-electron chi connectivity index (χ2n) is 3.26. The largest absolute Gasteiger partial charge is 0.374 e. The van der Waals surface area contributed by atoms with Crippen molar-refractivity contribution in [3.05, 3.63) is 12.2 Å². The molecule has 0 spiro atoms. The molecule has 0 aliphatic carbocycles. The summed E-state index contributed by atoms with van der Waals surface area (Å²) in [5, 5.41) is 9.62. The summed E-state index contributed by atoms with van der Waals surface area (Å²) in [6.45, 7) is 9.26. The Hall–Kier alpha value is -0.740. The molecule has 0 bridgehead atoms. The second-order valence-corrected chi connectivity index (χ2v) is 3.26. The maximum absolute atomic E-state index is 9.62. The van der Waals surface area contributed by atoms with Crippen LogP contribution in [0.1, 0.15) is 40.0 Å². The lowest BCUT2D eigenvalue weighted by molar-refractivity contribution is 0.161. The summed E-state index contributed by atoms with van der Waals surface area (Å²) < 4.78 is 0. The molecule has 1 atom stereocenters. The van der Waals surface area contributed by atoms with Gasteiger partial charge in [0.15, 0.2) is 0 Å². The first kappa shape index (κ1) is 11.3. The van der Waals surface area contributed by atoms with Gasteiger partial charge in [0.1, 0.15) is 5.60 Å². The highest BCUT2D eigenvalue weighted by Gasteiger charge is 2.16. The van der Waals surface area contributed by atoms with Crippen LogP contribution in [0, 0.1) is 11.8 Å². The first-order valence-corrected chi connectivity index (χ1v) is 4.39. The third kappa shape index (κ3) is 4.20. The molecular weight excluding hydrogens is 148 g/mol. The number of aliphatic hydroxyl groups is 1. The predicted octanol–water partition coefficient (Wildman–Crippen LogP) is 2.51. The van der Waals surface area contributed by atoms with Crippen molar-refractivity contribution < 1.29 is 5.11 Å². The van der Waals surface area contributed by atoms with Gasteiger partial charge in [0, 0.05) is 6.42 Å². The summed E-state index contributed by atoms with van der Waals surface area (Å²) >= 11 is 0. The normalized spacial score (nSPS) is 14.3. The van der Waals surface area contributed by atoms with Crippen LogP contribution in [0.15, 0.2) is 12.2 Å². The molecule has 1 heteroatoms. The lowest BCUT2D eigenvalue weighted by Gasteiger charge is -2.15. The van der Waals surface area contributed by atoms with Gasteiger partial charge < -0.3 is 5.11 Å². The molecule has 0 aromatic carbocycles. The third-order valence-corrected chi connectivity index (χ3v) is 1.82. The van der Waals surface area contributed by atoms with Crippen LogP contribution < -0.4 is 0 Å². The Labute approximate surface area is 75.5 Å². The van der Waals surface area contributed by atoms with E-state index in [1.807, 2.05) is 0 Å². The van der Waals surface area contributed by atoms with Crippen LogP contribution in [-0.2, 0) is 0 Å². The molecule has 1 unspecified atom stereocenters. The molecule has 0 aliphatic rings. The average Bonchev–Trinajstić information content (AvgIpc) is 1.98. The predicted molar refractivity (Wildman–Crippen MR) is 52.7 cm³/mol. The van der Waals surface area contributed by atoms with Crippen molar-refractivity contribution >= 4 is 0 Å². The van der Waals surface area contributed by atoms with Gasteiger partial charge in [0.05, 0.1) is 0 Å². The molecule has 12 heavy (non-hydrogen) atoms. The van der Waals surface area contributed by atoms with E-state index in [1.54, 1.807) is 13.8 Å². The molecule has 0 aliphatic heterocycles.